The molecule has 0 fully saturated rings. The molecule has 11 heteroatoms. The molecule has 1 aromatic carbocycles. The number of amides is 2. The van der Waals surface area contributed by atoms with Crippen LogP contribution in [0.5, 0.6) is 11.6 Å². The number of fused-ring (bicyclic) bond motifs is 2. The van der Waals surface area contributed by atoms with E-state index in [1.54, 1.807) is 42.5 Å². The van der Waals surface area contributed by atoms with Crippen LogP contribution in [-0.4, -0.2) is 21.2 Å². The summed E-state index contributed by atoms with van der Waals surface area (Å²) >= 11 is 7.24. The van der Waals surface area contributed by atoms with E-state index in [1.165, 1.54) is 21.9 Å². The Morgan fingerprint density at radius 2 is 1.95 bits per heavy atom. The lowest BCUT2D eigenvalue weighted by molar-refractivity contribution is -0.112. The Balaban J connectivity index is 1.56. The minimum atomic E-state index is -0.788. The Bertz CT molecular complexity index is 1720. The highest BCUT2D eigenvalue weighted by Crippen LogP contribution is 2.38. The predicted molar refractivity (Wildman–Crippen MR) is 145 cm³/mol. The molecule has 0 spiro atoms. The van der Waals surface area contributed by atoms with Crippen molar-refractivity contribution in [1.29, 1.82) is 5.26 Å². The van der Waals surface area contributed by atoms with Crippen LogP contribution >= 0.6 is 22.9 Å². The second-order valence-corrected chi connectivity index (χ2v) is 10.1. The van der Waals surface area contributed by atoms with Crippen molar-refractivity contribution in [3.05, 3.63) is 91.2 Å². The highest BCUT2D eigenvalue weighted by molar-refractivity contribution is 7.17. The number of nitriles is 1. The highest BCUT2D eigenvalue weighted by atomic mass is 35.5. The van der Waals surface area contributed by atoms with Gasteiger partial charge in [0.1, 0.15) is 33.6 Å². The SMILES string of the molecule is N#C/C(=C\c1c(Oc2ccc(Cl)cc2)nc2ccccn2c1=O)C(=O)Nc1sc2c(c1C(N)=O)CCCC2. The van der Waals surface area contributed by atoms with Gasteiger partial charge in [0.25, 0.3) is 17.4 Å². The number of aromatic nitrogens is 2. The molecule has 0 saturated heterocycles. The van der Waals surface area contributed by atoms with Crippen molar-refractivity contribution in [2.24, 2.45) is 5.73 Å². The lowest BCUT2D eigenvalue weighted by atomic mass is 9.95. The molecule has 3 aromatic heterocycles. The summed E-state index contributed by atoms with van der Waals surface area (Å²) in [5, 5.41) is 13.3. The molecule has 0 unspecified atom stereocenters. The molecule has 38 heavy (non-hydrogen) atoms. The van der Waals surface area contributed by atoms with Gasteiger partial charge in [-0.25, -0.2) is 0 Å². The summed E-state index contributed by atoms with van der Waals surface area (Å²) in [5.41, 5.74) is 6.05. The van der Waals surface area contributed by atoms with Crippen LogP contribution in [-0.2, 0) is 17.6 Å². The van der Waals surface area contributed by atoms with Gasteiger partial charge in [0.15, 0.2) is 0 Å². The summed E-state index contributed by atoms with van der Waals surface area (Å²) < 4.78 is 7.16. The Hall–Kier alpha value is -4.46. The van der Waals surface area contributed by atoms with E-state index in [1.807, 2.05) is 6.07 Å². The molecule has 0 saturated carbocycles. The molecule has 3 heterocycles. The number of primary amides is 1. The molecule has 0 bridgehead atoms. The fraction of sp³-hybridized carbons (Fsp3) is 0.148. The molecule has 0 aliphatic heterocycles. The second kappa shape index (κ2) is 10.5. The van der Waals surface area contributed by atoms with Crippen LogP contribution in [0, 0.1) is 11.3 Å². The number of benzene rings is 1. The van der Waals surface area contributed by atoms with E-state index in [2.05, 4.69) is 10.3 Å². The maximum Gasteiger partial charge on any atom is 0.269 e. The number of nitrogens with two attached hydrogens (primary N) is 1. The minimum absolute atomic E-state index is 0.0894. The van der Waals surface area contributed by atoms with Crippen molar-refractivity contribution in [3.8, 4) is 17.7 Å². The van der Waals surface area contributed by atoms with Crippen molar-refractivity contribution in [2.45, 2.75) is 25.7 Å². The van der Waals surface area contributed by atoms with E-state index in [-0.39, 0.29) is 22.6 Å². The van der Waals surface area contributed by atoms with Gasteiger partial charge >= 0.3 is 0 Å². The zero-order valence-electron chi connectivity index (χ0n) is 19.9. The van der Waals surface area contributed by atoms with Crippen LogP contribution in [0.15, 0.2) is 59.0 Å². The van der Waals surface area contributed by atoms with Crippen molar-refractivity contribution in [1.82, 2.24) is 9.38 Å². The average molecular weight is 546 g/mol. The van der Waals surface area contributed by atoms with Gasteiger partial charge in [-0.3, -0.25) is 18.8 Å². The first kappa shape index (κ1) is 25.2. The number of hydrogen-bond donors (Lipinski definition) is 2. The summed E-state index contributed by atoms with van der Waals surface area (Å²) in [6.45, 7) is 0. The number of aryl methyl sites for hydroxylation is 1. The zero-order valence-corrected chi connectivity index (χ0v) is 21.4. The largest absolute Gasteiger partial charge is 0.438 e. The fourth-order valence-corrected chi connectivity index (χ4v) is 5.69. The van der Waals surface area contributed by atoms with Crippen molar-refractivity contribution < 1.29 is 14.3 Å². The van der Waals surface area contributed by atoms with Gasteiger partial charge in [0, 0.05) is 16.1 Å². The molecular weight excluding hydrogens is 526 g/mol. The van der Waals surface area contributed by atoms with Crippen LogP contribution < -0.4 is 21.3 Å². The van der Waals surface area contributed by atoms with Gasteiger partial charge in [-0.1, -0.05) is 17.7 Å². The van der Waals surface area contributed by atoms with Crippen LogP contribution in [0.3, 0.4) is 0 Å². The normalized spacial score (nSPS) is 13.0. The molecule has 5 rings (SSSR count). The highest BCUT2D eigenvalue weighted by Gasteiger charge is 2.26. The Morgan fingerprint density at radius 1 is 1.18 bits per heavy atom. The molecule has 190 valence electrons. The van der Waals surface area contributed by atoms with Gasteiger partial charge in [-0.05, 0) is 73.7 Å². The van der Waals surface area contributed by atoms with Crippen molar-refractivity contribution in [2.75, 3.05) is 5.32 Å². The number of rotatable bonds is 6. The number of pyridine rings is 1. The minimum Gasteiger partial charge on any atom is -0.438 e. The zero-order chi connectivity index (χ0) is 26.8. The number of nitrogens with zero attached hydrogens (tertiary/aromatic N) is 3. The third kappa shape index (κ3) is 4.89. The maximum absolute atomic E-state index is 13.4. The van der Waals surface area contributed by atoms with Gasteiger partial charge in [-0.2, -0.15) is 10.2 Å². The molecule has 9 nitrogen and oxygen atoms in total. The average Bonchev–Trinajstić information content (AvgIpc) is 3.28. The maximum atomic E-state index is 13.4. The van der Waals surface area contributed by atoms with E-state index in [4.69, 9.17) is 22.1 Å². The quantitative estimate of drug-likeness (QED) is 0.265. The number of halogens is 1. The molecule has 0 atom stereocenters. The molecular formula is C27H20ClN5O4S. The van der Waals surface area contributed by atoms with Crippen LogP contribution in [0.2, 0.25) is 5.02 Å². The van der Waals surface area contributed by atoms with E-state index < -0.39 is 17.4 Å². The van der Waals surface area contributed by atoms with Gasteiger partial charge in [0.2, 0.25) is 5.88 Å². The summed E-state index contributed by atoms with van der Waals surface area (Å²) in [7, 11) is 0. The first-order valence-electron chi connectivity index (χ1n) is 11.7. The first-order valence-corrected chi connectivity index (χ1v) is 12.9. The van der Waals surface area contributed by atoms with E-state index >= 15 is 0 Å². The monoisotopic (exact) mass is 545 g/mol. The van der Waals surface area contributed by atoms with Crippen LogP contribution in [0.1, 0.15) is 39.2 Å². The van der Waals surface area contributed by atoms with E-state index in [0.717, 1.165) is 35.8 Å². The van der Waals surface area contributed by atoms with E-state index in [0.29, 0.717) is 27.8 Å². The lowest BCUT2D eigenvalue weighted by Crippen LogP contribution is -2.21. The smallest absolute Gasteiger partial charge is 0.269 e. The topological polar surface area (TPSA) is 140 Å². The summed E-state index contributed by atoms with van der Waals surface area (Å²) in [6, 6.07) is 13.3. The van der Waals surface area contributed by atoms with Crippen LogP contribution in [0.4, 0.5) is 5.00 Å². The fourth-order valence-electron chi connectivity index (χ4n) is 4.28. The molecule has 3 N–H and O–H groups in total. The summed E-state index contributed by atoms with van der Waals surface area (Å²) in [5.74, 6) is -1.16. The summed E-state index contributed by atoms with van der Waals surface area (Å²) in [6.07, 6.45) is 6.06. The van der Waals surface area contributed by atoms with Crippen molar-refractivity contribution in [3.63, 3.8) is 0 Å². The molecule has 1 aliphatic carbocycles. The number of anilines is 1. The van der Waals surface area contributed by atoms with Crippen LogP contribution in [0.25, 0.3) is 11.7 Å². The predicted octanol–water partition coefficient (Wildman–Crippen LogP) is 4.73. The van der Waals surface area contributed by atoms with E-state index in [9.17, 15) is 19.6 Å². The number of carbonyl (C=O) groups excluding carboxylic acids is 2. The lowest BCUT2D eigenvalue weighted by Gasteiger charge is -2.11. The Kier molecular flexibility index (Phi) is 6.96. The number of hydrogen-bond acceptors (Lipinski definition) is 7. The number of thiophene rings is 1. The third-order valence-electron chi connectivity index (χ3n) is 6.06. The summed E-state index contributed by atoms with van der Waals surface area (Å²) in [4.78, 5) is 44.2. The standard InChI is InChI=1S/C27H20ClN5O4S/c28-16-8-10-17(11-9-16)37-25-19(27(36)33-12-4-3-7-21(33)31-25)13-15(14-29)24(35)32-26-22(23(30)34)18-5-1-2-6-20(18)38-26/h3-4,7-13H,1-2,5-6H2,(H2,30,34)(H,32,35)/b15-13+. The Labute approximate surface area is 225 Å². The molecule has 2 amide bonds. The first-order chi connectivity index (χ1) is 18.4. The molecule has 0 radical (unpaired) electrons. The van der Waals surface area contributed by atoms with Crippen molar-refractivity contribution >= 4 is 51.5 Å². The third-order valence-corrected chi connectivity index (χ3v) is 7.52. The number of nitrogens with one attached hydrogen (secondary N) is 1. The van der Waals surface area contributed by atoms with Gasteiger partial charge in [0.05, 0.1) is 5.56 Å². The Morgan fingerprint density at radius 3 is 2.68 bits per heavy atom. The number of carbonyl (C=O) groups is 2. The van der Waals surface area contributed by atoms with Gasteiger partial charge < -0.3 is 15.8 Å². The van der Waals surface area contributed by atoms with Gasteiger partial charge in [-0.15, -0.1) is 11.3 Å². The number of ether oxygens (including phenoxy) is 1. The second-order valence-electron chi connectivity index (χ2n) is 8.52. The molecule has 1 aliphatic rings. The molecule has 4 aromatic rings.